The number of sulfonamides is 1. The predicted molar refractivity (Wildman–Crippen MR) is 60.2 cm³/mol. The van der Waals surface area contributed by atoms with Gasteiger partial charge in [-0.25, -0.2) is 8.42 Å². The molecule has 0 radical (unpaired) electrons. The van der Waals surface area contributed by atoms with Crippen LogP contribution in [-0.2, 0) is 14.8 Å². The molecule has 0 bridgehead atoms. The van der Waals surface area contributed by atoms with Crippen molar-refractivity contribution in [2.24, 2.45) is 0 Å². The highest BCUT2D eigenvalue weighted by Crippen LogP contribution is 2.25. The monoisotopic (exact) mass is 272 g/mol. The van der Waals surface area contributed by atoms with Crippen molar-refractivity contribution < 1.29 is 23.4 Å². The molecule has 1 fully saturated rings. The summed E-state index contributed by atoms with van der Waals surface area (Å²) in [4.78, 5) is 14.6. The lowest BCUT2D eigenvalue weighted by molar-refractivity contribution is -0.140. The molecule has 2 atom stereocenters. The number of hydrogen-bond donors (Lipinski definition) is 2. The quantitative estimate of drug-likeness (QED) is 0.752. The largest absolute Gasteiger partial charge is 0.480 e. The molecule has 1 aromatic heterocycles. The van der Waals surface area contributed by atoms with Gasteiger partial charge in [-0.1, -0.05) is 0 Å². The van der Waals surface area contributed by atoms with Crippen molar-refractivity contribution >= 4 is 16.0 Å². The number of carboxylic acids is 1. The van der Waals surface area contributed by atoms with Gasteiger partial charge in [-0.2, -0.15) is 4.31 Å². The summed E-state index contributed by atoms with van der Waals surface area (Å²) in [7, 11) is -3.94. The highest BCUT2D eigenvalue weighted by molar-refractivity contribution is 7.89. The molecule has 0 amide bonds. The highest BCUT2D eigenvalue weighted by atomic mass is 32.2. The summed E-state index contributed by atoms with van der Waals surface area (Å²) >= 11 is 0. The molecule has 0 aromatic carbocycles. The molecule has 2 heterocycles. The number of β-amino-alcohol motifs (C(OH)–C–C–N with tert-alkyl or cyclic N) is 1. The normalized spacial score (nSPS) is 25.2. The molecule has 8 heteroatoms. The Labute approximate surface area is 104 Å². The minimum absolute atomic E-state index is 0.0784. The molecule has 2 N–H and O–H groups in total. The lowest BCUT2D eigenvalue weighted by Gasteiger charge is -2.20. The van der Waals surface area contributed by atoms with Crippen LogP contribution in [0, 0.1) is 0 Å². The number of nitrogens with zero attached hydrogens (tertiary/aromatic N) is 2. The Morgan fingerprint density at radius 3 is 2.78 bits per heavy atom. The first-order valence-electron chi connectivity index (χ1n) is 5.25. The van der Waals surface area contributed by atoms with Crippen molar-refractivity contribution in [3.05, 3.63) is 24.5 Å². The molecule has 1 aliphatic heterocycles. The highest BCUT2D eigenvalue weighted by Gasteiger charge is 2.43. The van der Waals surface area contributed by atoms with Gasteiger partial charge in [-0.05, 0) is 12.1 Å². The summed E-state index contributed by atoms with van der Waals surface area (Å²) in [5.41, 5.74) is 0. The Bertz CT molecular complexity index is 545. The zero-order chi connectivity index (χ0) is 13.3. The van der Waals surface area contributed by atoms with Crippen LogP contribution in [0.4, 0.5) is 0 Å². The van der Waals surface area contributed by atoms with Gasteiger partial charge >= 0.3 is 5.97 Å². The molecule has 98 valence electrons. The Balaban J connectivity index is 2.38. The maximum atomic E-state index is 12.2. The average Bonchev–Trinajstić information content (AvgIpc) is 2.73. The van der Waals surface area contributed by atoms with Gasteiger partial charge in [0.2, 0.25) is 10.0 Å². The summed E-state index contributed by atoms with van der Waals surface area (Å²) in [5, 5.41) is 18.4. The first kappa shape index (κ1) is 12.9. The number of aromatic nitrogens is 1. The summed E-state index contributed by atoms with van der Waals surface area (Å²) in [5.74, 6) is -1.26. The van der Waals surface area contributed by atoms with E-state index < -0.39 is 28.1 Å². The minimum Gasteiger partial charge on any atom is -0.480 e. The maximum Gasteiger partial charge on any atom is 0.322 e. The number of hydrogen-bond acceptors (Lipinski definition) is 5. The molecule has 0 spiro atoms. The van der Waals surface area contributed by atoms with Crippen molar-refractivity contribution in [3.8, 4) is 0 Å². The molecule has 7 nitrogen and oxygen atoms in total. The number of pyridine rings is 1. The Kier molecular flexibility index (Phi) is 3.33. The van der Waals surface area contributed by atoms with Crippen LogP contribution in [0.25, 0.3) is 0 Å². The van der Waals surface area contributed by atoms with Crippen molar-refractivity contribution in [2.75, 3.05) is 6.54 Å². The lowest BCUT2D eigenvalue weighted by atomic mass is 10.2. The van der Waals surface area contributed by atoms with Gasteiger partial charge in [-0.3, -0.25) is 9.78 Å². The van der Waals surface area contributed by atoms with Gasteiger partial charge in [0.15, 0.2) is 0 Å². The van der Waals surface area contributed by atoms with E-state index in [9.17, 15) is 18.3 Å². The predicted octanol–water partition coefficient (Wildman–Crippen LogP) is -0.710. The zero-order valence-corrected chi connectivity index (χ0v) is 10.1. The molecule has 2 rings (SSSR count). The fourth-order valence-corrected chi connectivity index (χ4v) is 3.50. The number of aliphatic hydroxyl groups excluding tert-OH is 1. The molecular formula is C10H12N2O5S. The molecule has 18 heavy (non-hydrogen) atoms. The number of aliphatic carboxylic acids is 1. The lowest BCUT2D eigenvalue weighted by Crippen LogP contribution is -2.40. The van der Waals surface area contributed by atoms with E-state index >= 15 is 0 Å². The molecule has 0 saturated carbocycles. The fraction of sp³-hybridized carbons (Fsp3) is 0.400. The second-order valence-corrected chi connectivity index (χ2v) is 5.90. The van der Waals surface area contributed by atoms with Crippen LogP contribution in [0.3, 0.4) is 0 Å². The Morgan fingerprint density at radius 2 is 2.22 bits per heavy atom. The van der Waals surface area contributed by atoms with E-state index in [-0.39, 0.29) is 17.9 Å². The van der Waals surface area contributed by atoms with Gasteiger partial charge in [0.25, 0.3) is 0 Å². The SMILES string of the molecule is O=C(O)[C@@H]1C[C@@H](O)CN1S(=O)(=O)c1cccnc1. The van der Waals surface area contributed by atoms with E-state index in [0.29, 0.717) is 0 Å². The van der Waals surface area contributed by atoms with Crippen LogP contribution in [-0.4, -0.2) is 52.6 Å². The van der Waals surface area contributed by atoms with Crippen molar-refractivity contribution in [1.29, 1.82) is 0 Å². The van der Waals surface area contributed by atoms with Gasteiger partial charge in [0.1, 0.15) is 10.9 Å². The number of carboxylic acid groups (broad SMARTS) is 1. The maximum absolute atomic E-state index is 12.2. The summed E-state index contributed by atoms with van der Waals surface area (Å²) in [6.07, 6.45) is 1.51. The standard InChI is InChI=1S/C10H12N2O5S/c13-7-4-9(10(14)15)12(6-7)18(16,17)8-2-1-3-11-5-8/h1-3,5,7,9,13H,4,6H2,(H,14,15)/t7-,9+/m1/s1. The second kappa shape index (κ2) is 4.63. The number of carbonyl (C=O) groups is 1. The number of aliphatic hydroxyl groups is 1. The topological polar surface area (TPSA) is 108 Å². The summed E-state index contributed by atoms with van der Waals surface area (Å²) < 4.78 is 25.2. The van der Waals surface area contributed by atoms with E-state index in [1.165, 1.54) is 18.3 Å². The van der Waals surface area contributed by atoms with Crippen LogP contribution in [0.15, 0.2) is 29.4 Å². The van der Waals surface area contributed by atoms with Crippen molar-refractivity contribution in [3.63, 3.8) is 0 Å². The summed E-state index contributed by atoms with van der Waals surface area (Å²) in [6, 6.07) is 1.56. The van der Waals surface area contributed by atoms with Crippen LogP contribution in [0.1, 0.15) is 6.42 Å². The number of rotatable bonds is 3. The Morgan fingerprint density at radius 1 is 1.50 bits per heavy atom. The van der Waals surface area contributed by atoms with Crippen LogP contribution in [0.5, 0.6) is 0 Å². The van der Waals surface area contributed by atoms with Crippen molar-refractivity contribution in [1.82, 2.24) is 9.29 Å². The van der Waals surface area contributed by atoms with Crippen LogP contribution >= 0.6 is 0 Å². The fourth-order valence-electron chi connectivity index (χ4n) is 1.91. The van der Waals surface area contributed by atoms with Gasteiger partial charge in [-0.15, -0.1) is 0 Å². The van der Waals surface area contributed by atoms with Gasteiger partial charge in [0.05, 0.1) is 6.10 Å². The third-order valence-corrected chi connectivity index (χ3v) is 4.62. The van der Waals surface area contributed by atoms with E-state index in [1.54, 1.807) is 0 Å². The molecule has 1 aliphatic rings. The third-order valence-electron chi connectivity index (χ3n) is 2.76. The van der Waals surface area contributed by atoms with E-state index in [4.69, 9.17) is 5.11 Å². The van der Waals surface area contributed by atoms with Gasteiger partial charge < -0.3 is 10.2 Å². The van der Waals surface area contributed by atoms with Crippen molar-refractivity contribution in [2.45, 2.75) is 23.5 Å². The van der Waals surface area contributed by atoms with Crippen LogP contribution in [0.2, 0.25) is 0 Å². The van der Waals surface area contributed by atoms with E-state index in [0.717, 1.165) is 10.5 Å². The first-order valence-corrected chi connectivity index (χ1v) is 6.69. The third kappa shape index (κ3) is 2.22. The minimum atomic E-state index is -3.94. The zero-order valence-electron chi connectivity index (χ0n) is 9.30. The Hall–Kier alpha value is -1.51. The molecule has 1 aromatic rings. The second-order valence-electron chi connectivity index (χ2n) is 4.01. The average molecular weight is 272 g/mol. The molecule has 0 aliphatic carbocycles. The first-order chi connectivity index (χ1) is 8.43. The molecule has 1 saturated heterocycles. The van der Waals surface area contributed by atoms with Gasteiger partial charge in [0, 0.05) is 25.4 Å². The van der Waals surface area contributed by atoms with Crippen LogP contribution < -0.4 is 0 Å². The summed E-state index contributed by atoms with van der Waals surface area (Å²) in [6.45, 7) is -0.214. The molecular weight excluding hydrogens is 260 g/mol. The molecule has 0 unspecified atom stereocenters. The van der Waals surface area contributed by atoms with E-state index in [2.05, 4.69) is 4.98 Å². The smallest absolute Gasteiger partial charge is 0.322 e. The van der Waals surface area contributed by atoms with E-state index in [1.807, 2.05) is 0 Å².